The van der Waals surface area contributed by atoms with E-state index < -0.39 is 15.3 Å². The van der Waals surface area contributed by atoms with Gasteiger partial charge in [-0.1, -0.05) is 0 Å². The second-order valence-electron chi connectivity index (χ2n) is 3.74. The summed E-state index contributed by atoms with van der Waals surface area (Å²) in [5.74, 6) is -0.379. The summed E-state index contributed by atoms with van der Waals surface area (Å²) in [5, 5.41) is -0.516. The first-order valence-corrected chi connectivity index (χ1v) is 6.53. The van der Waals surface area contributed by atoms with Gasteiger partial charge in [-0.3, -0.25) is 4.31 Å². The molecular weight excluding hydrogens is 231 g/mol. The van der Waals surface area contributed by atoms with E-state index in [1.54, 1.807) is 0 Å². The standard InChI is InChI=1S/C10H13FN2O2S/c11-8-1-3-9(4-2-8)13-6-5-10(7-12)16(13,14)15/h1-4,10H,5-7,12H2/t10-/m0/s1. The quantitative estimate of drug-likeness (QED) is 0.832. The number of benzene rings is 1. The highest BCUT2D eigenvalue weighted by molar-refractivity contribution is 7.93. The highest BCUT2D eigenvalue weighted by Crippen LogP contribution is 2.27. The molecule has 1 fully saturated rings. The number of nitrogens with zero attached hydrogens (tertiary/aromatic N) is 1. The van der Waals surface area contributed by atoms with E-state index in [4.69, 9.17) is 5.73 Å². The van der Waals surface area contributed by atoms with E-state index in [1.165, 1.54) is 28.6 Å². The molecular formula is C10H13FN2O2S. The van der Waals surface area contributed by atoms with Crippen LogP contribution in [0.15, 0.2) is 24.3 Å². The van der Waals surface area contributed by atoms with Crippen LogP contribution in [0, 0.1) is 5.82 Å². The lowest BCUT2D eigenvalue weighted by atomic mass is 10.3. The van der Waals surface area contributed by atoms with Crippen molar-refractivity contribution in [2.45, 2.75) is 11.7 Å². The van der Waals surface area contributed by atoms with Crippen molar-refractivity contribution in [3.63, 3.8) is 0 Å². The Balaban J connectivity index is 2.33. The van der Waals surface area contributed by atoms with Crippen LogP contribution < -0.4 is 10.0 Å². The number of halogens is 1. The second-order valence-corrected chi connectivity index (χ2v) is 5.88. The summed E-state index contributed by atoms with van der Waals surface area (Å²) in [6.07, 6.45) is 0.524. The molecule has 0 bridgehead atoms. The zero-order valence-electron chi connectivity index (χ0n) is 8.64. The van der Waals surface area contributed by atoms with Gasteiger partial charge in [0.15, 0.2) is 0 Å². The number of hydrogen-bond acceptors (Lipinski definition) is 3. The fourth-order valence-corrected chi connectivity index (χ4v) is 3.62. The summed E-state index contributed by atoms with van der Waals surface area (Å²) in [4.78, 5) is 0. The molecule has 0 saturated carbocycles. The van der Waals surface area contributed by atoms with Gasteiger partial charge in [0.05, 0.1) is 10.9 Å². The second kappa shape index (κ2) is 4.03. The van der Waals surface area contributed by atoms with Gasteiger partial charge in [-0.05, 0) is 30.7 Å². The largest absolute Gasteiger partial charge is 0.329 e. The van der Waals surface area contributed by atoms with Gasteiger partial charge >= 0.3 is 0 Å². The third-order valence-electron chi connectivity index (χ3n) is 2.76. The van der Waals surface area contributed by atoms with Crippen molar-refractivity contribution in [2.75, 3.05) is 17.4 Å². The SMILES string of the molecule is NC[C@@H]1CCN(c2ccc(F)cc2)S1(=O)=O. The van der Waals surface area contributed by atoms with Crippen LogP contribution in [0.2, 0.25) is 0 Å². The average Bonchev–Trinajstić information content (AvgIpc) is 2.54. The summed E-state index contributed by atoms with van der Waals surface area (Å²) in [6, 6.07) is 5.43. The molecule has 2 N–H and O–H groups in total. The van der Waals surface area contributed by atoms with E-state index in [9.17, 15) is 12.8 Å². The number of anilines is 1. The fourth-order valence-electron chi connectivity index (χ4n) is 1.84. The topological polar surface area (TPSA) is 63.4 Å². The lowest BCUT2D eigenvalue weighted by Gasteiger charge is -2.18. The fraction of sp³-hybridized carbons (Fsp3) is 0.400. The maximum Gasteiger partial charge on any atom is 0.239 e. The Hall–Kier alpha value is -1.14. The minimum absolute atomic E-state index is 0.125. The van der Waals surface area contributed by atoms with Crippen LogP contribution in [0.25, 0.3) is 0 Å². The molecule has 2 rings (SSSR count). The molecule has 1 saturated heterocycles. The van der Waals surface area contributed by atoms with Gasteiger partial charge in [0, 0.05) is 13.1 Å². The Morgan fingerprint density at radius 1 is 1.38 bits per heavy atom. The molecule has 6 heteroatoms. The third kappa shape index (κ3) is 1.78. The molecule has 0 aliphatic carbocycles. The van der Waals surface area contributed by atoms with Crippen LogP contribution in [0.5, 0.6) is 0 Å². The van der Waals surface area contributed by atoms with Crippen molar-refractivity contribution < 1.29 is 12.8 Å². The molecule has 0 aromatic heterocycles. The first-order chi connectivity index (χ1) is 7.55. The van der Waals surface area contributed by atoms with Crippen molar-refractivity contribution in [1.82, 2.24) is 0 Å². The number of sulfonamides is 1. The van der Waals surface area contributed by atoms with Crippen molar-refractivity contribution in [3.05, 3.63) is 30.1 Å². The van der Waals surface area contributed by atoms with Gasteiger partial charge in [-0.15, -0.1) is 0 Å². The first-order valence-electron chi connectivity index (χ1n) is 5.03. The monoisotopic (exact) mass is 244 g/mol. The van der Waals surface area contributed by atoms with Crippen LogP contribution in [0.4, 0.5) is 10.1 Å². The Morgan fingerprint density at radius 2 is 2.00 bits per heavy atom. The molecule has 88 valence electrons. The van der Waals surface area contributed by atoms with E-state index in [2.05, 4.69) is 0 Å². The molecule has 0 spiro atoms. The Bertz CT molecular complexity index is 472. The van der Waals surface area contributed by atoms with E-state index >= 15 is 0 Å². The Kier molecular flexibility index (Phi) is 2.86. The van der Waals surface area contributed by atoms with Gasteiger partial charge in [-0.2, -0.15) is 0 Å². The Morgan fingerprint density at radius 3 is 2.50 bits per heavy atom. The van der Waals surface area contributed by atoms with Crippen LogP contribution in [0.1, 0.15) is 6.42 Å². The van der Waals surface area contributed by atoms with E-state index in [1.807, 2.05) is 0 Å². The summed E-state index contributed by atoms with van der Waals surface area (Å²) < 4.78 is 37.9. The van der Waals surface area contributed by atoms with E-state index in [0.717, 1.165) is 0 Å². The molecule has 1 heterocycles. The first kappa shape index (κ1) is 11.3. The maximum atomic E-state index is 12.7. The van der Waals surface area contributed by atoms with Gasteiger partial charge < -0.3 is 5.73 Å². The summed E-state index contributed by atoms with van der Waals surface area (Å²) >= 11 is 0. The van der Waals surface area contributed by atoms with Crippen molar-refractivity contribution in [2.24, 2.45) is 5.73 Å². The highest BCUT2D eigenvalue weighted by Gasteiger charge is 2.37. The normalized spacial score (nSPS) is 23.6. The van der Waals surface area contributed by atoms with Gasteiger partial charge in [0.1, 0.15) is 5.82 Å². The number of nitrogens with two attached hydrogens (primary N) is 1. The Labute approximate surface area is 93.9 Å². The third-order valence-corrected chi connectivity index (χ3v) is 5.04. The summed E-state index contributed by atoms with van der Waals surface area (Å²) in [7, 11) is -3.36. The molecule has 0 amide bonds. The van der Waals surface area contributed by atoms with Crippen LogP contribution in [-0.2, 0) is 10.0 Å². The number of hydrogen-bond donors (Lipinski definition) is 1. The predicted molar refractivity (Wildman–Crippen MR) is 60.1 cm³/mol. The van der Waals surface area contributed by atoms with Crippen LogP contribution in [-0.4, -0.2) is 26.8 Å². The van der Waals surface area contributed by atoms with E-state index in [-0.39, 0.29) is 12.4 Å². The molecule has 1 aromatic rings. The molecule has 16 heavy (non-hydrogen) atoms. The van der Waals surface area contributed by atoms with Gasteiger partial charge in [0.25, 0.3) is 0 Å². The average molecular weight is 244 g/mol. The lowest BCUT2D eigenvalue weighted by molar-refractivity contribution is 0.588. The van der Waals surface area contributed by atoms with Crippen molar-refractivity contribution in [3.8, 4) is 0 Å². The molecule has 1 aromatic carbocycles. The molecule has 4 nitrogen and oxygen atoms in total. The molecule has 1 aliphatic rings. The summed E-state index contributed by atoms with van der Waals surface area (Å²) in [5.41, 5.74) is 5.91. The van der Waals surface area contributed by atoms with Crippen molar-refractivity contribution >= 4 is 15.7 Å². The molecule has 0 unspecified atom stereocenters. The summed E-state index contributed by atoms with van der Waals surface area (Å²) in [6.45, 7) is 0.538. The minimum atomic E-state index is -3.36. The van der Waals surface area contributed by atoms with Crippen LogP contribution in [0.3, 0.4) is 0 Å². The number of rotatable bonds is 2. The zero-order chi connectivity index (χ0) is 11.8. The molecule has 1 aliphatic heterocycles. The maximum absolute atomic E-state index is 12.7. The zero-order valence-corrected chi connectivity index (χ0v) is 9.45. The molecule has 0 radical (unpaired) electrons. The smallest absolute Gasteiger partial charge is 0.239 e. The predicted octanol–water partition coefficient (Wildman–Crippen LogP) is 0.693. The highest BCUT2D eigenvalue weighted by atomic mass is 32.2. The lowest BCUT2D eigenvalue weighted by Crippen LogP contribution is -2.33. The van der Waals surface area contributed by atoms with E-state index in [0.29, 0.717) is 18.7 Å². The minimum Gasteiger partial charge on any atom is -0.329 e. The van der Waals surface area contributed by atoms with Gasteiger partial charge in [0.2, 0.25) is 10.0 Å². The molecule has 1 atom stereocenters. The van der Waals surface area contributed by atoms with Crippen LogP contribution >= 0.6 is 0 Å². The van der Waals surface area contributed by atoms with Gasteiger partial charge in [-0.25, -0.2) is 12.8 Å². The van der Waals surface area contributed by atoms with Crippen molar-refractivity contribution in [1.29, 1.82) is 0 Å².